The lowest BCUT2D eigenvalue weighted by Crippen LogP contribution is -2.36. The molecule has 2 heterocycles. The highest BCUT2D eigenvalue weighted by Crippen LogP contribution is 2.21. The third-order valence-electron chi connectivity index (χ3n) is 4.21. The first kappa shape index (κ1) is 16.4. The number of anilines is 1. The molecule has 1 aliphatic rings. The third kappa shape index (κ3) is 4.08. The van der Waals surface area contributed by atoms with Gasteiger partial charge in [0.1, 0.15) is 0 Å². The summed E-state index contributed by atoms with van der Waals surface area (Å²) in [5, 5.41) is 12.3. The van der Waals surface area contributed by atoms with Gasteiger partial charge in [0.05, 0.1) is 6.10 Å². The van der Waals surface area contributed by atoms with Crippen LogP contribution < -0.4 is 10.2 Å². The van der Waals surface area contributed by atoms with Gasteiger partial charge in [0.2, 0.25) is 11.9 Å². The molecule has 126 valence electrons. The van der Waals surface area contributed by atoms with Crippen molar-refractivity contribution in [3.05, 3.63) is 42.2 Å². The van der Waals surface area contributed by atoms with E-state index < -0.39 is 0 Å². The molecule has 2 aromatic rings. The van der Waals surface area contributed by atoms with Gasteiger partial charge in [-0.05, 0) is 24.0 Å². The average Bonchev–Trinajstić information content (AvgIpc) is 2.61. The van der Waals surface area contributed by atoms with Crippen LogP contribution in [0.1, 0.15) is 25.3 Å². The van der Waals surface area contributed by atoms with Gasteiger partial charge in [0.25, 0.3) is 0 Å². The minimum Gasteiger partial charge on any atom is -0.393 e. The number of benzene rings is 1. The summed E-state index contributed by atoms with van der Waals surface area (Å²) in [5.74, 6) is 0.682. The van der Waals surface area contributed by atoms with Crippen LogP contribution in [0.5, 0.6) is 0 Å². The SMILES string of the molecule is CC(=O)NCc1ccc(-c2cnc(N3CCC(O)CC3)nc2)cc1. The topological polar surface area (TPSA) is 78.4 Å². The Morgan fingerprint density at radius 2 is 1.79 bits per heavy atom. The van der Waals surface area contributed by atoms with E-state index in [1.54, 1.807) is 0 Å². The summed E-state index contributed by atoms with van der Waals surface area (Å²) in [6.45, 7) is 3.62. The molecular weight excluding hydrogens is 304 g/mol. The molecule has 0 saturated carbocycles. The molecule has 1 aliphatic heterocycles. The van der Waals surface area contributed by atoms with Crippen molar-refractivity contribution in [3.63, 3.8) is 0 Å². The summed E-state index contributed by atoms with van der Waals surface area (Å²) in [4.78, 5) is 22.0. The van der Waals surface area contributed by atoms with Gasteiger partial charge in [0.15, 0.2) is 0 Å². The van der Waals surface area contributed by atoms with Gasteiger partial charge in [-0.15, -0.1) is 0 Å². The number of aliphatic hydroxyl groups is 1. The summed E-state index contributed by atoms with van der Waals surface area (Å²) in [6.07, 6.45) is 4.99. The van der Waals surface area contributed by atoms with Crippen molar-refractivity contribution in [2.75, 3.05) is 18.0 Å². The zero-order chi connectivity index (χ0) is 16.9. The van der Waals surface area contributed by atoms with Crippen molar-refractivity contribution in [2.24, 2.45) is 0 Å². The molecule has 1 aromatic heterocycles. The van der Waals surface area contributed by atoms with E-state index >= 15 is 0 Å². The molecule has 24 heavy (non-hydrogen) atoms. The van der Waals surface area contributed by atoms with Crippen LogP contribution in [0.2, 0.25) is 0 Å². The van der Waals surface area contributed by atoms with Crippen molar-refractivity contribution >= 4 is 11.9 Å². The molecule has 6 heteroatoms. The Kier molecular flexibility index (Phi) is 5.05. The fourth-order valence-electron chi connectivity index (χ4n) is 2.74. The Balaban J connectivity index is 1.65. The van der Waals surface area contributed by atoms with E-state index in [0.717, 1.165) is 42.6 Å². The summed E-state index contributed by atoms with van der Waals surface area (Å²) in [6, 6.07) is 8.00. The molecule has 1 fully saturated rings. The number of aromatic nitrogens is 2. The second-order valence-electron chi connectivity index (χ2n) is 6.10. The molecule has 1 aromatic carbocycles. The van der Waals surface area contributed by atoms with Crippen LogP contribution in [0.15, 0.2) is 36.7 Å². The molecule has 3 rings (SSSR count). The van der Waals surface area contributed by atoms with E-state index in [1.165, 1.54) is 6.92 Å². The summed E-state index contributed by atoms with van der Waals surface area (Å²) in [7, 11) is 0. The van der Waals surface area contributed by atoms with Crippen LogP contribution >= 0.6 is 0 Å². The second-order valence-corrected chi connectivity index (χ2v) is 6.10. The van der Waals surface area contributed by atoms with E-state index in [4.69, 9.17) is 0 Å². The van der Waals surface area contributed by atoms with E-state index in [1.807, 2.05) is 36.7 Å². The first-order valence-corrected chi connectivity index (χ1v) is 8.20. The third-order valence-corrected chi connectivity index (χ3v) is 4.21. The monoisotopic (exact) mass is 326 g/mol. The Morgan fingerprint density at radius 1 is 1.17 bits per heavy atom. The van der Waals surface area contributed by atoms with Crippen molar-refractivity contribution in [1.82, 2.24) is 15.3 Å². The maximum absolute atomic E-state index is 10.9. The maximum Gasteiger partial charge on any atom is 0.225 e. The van der Waals surface area contributed by atoms with Gasteiger partial charge in [0, 0.05) is 44.5 Å². The maximum atomic E-state index is 10.9. The highest BCUT2D eigenvalue weighted by Gasteiger charge is 2.18. The van der Waals surface area contributed by atoms with Gasteiger partial charge < -0.3 is 15.3 Å². The fourth-order valence-corrected chi connectivity index (χ4v) is 2.74. The van der Waals surface area contributed by atoms with Gasteiger partial charge in [-0.3, -0.25) is 4.79 Å². The van der Waals surface area contributed by atoms with Crippen molar-refractivity contribution in [2.45, 2.75) is 32.4 Å². The number of carbonyl (C=O) groups is 1. The van der Waals surface area contributed by atoms with Crippen LogP contribution in [-0.2, 0) is 11.3 Å². The Hall–Kier alpha value is -2.47. The van der Waals surface area contributed by atoms with Crippen LogP contribution in [0.25, 0.3) is 11.1 Å². The zero-order valence-corrected chi connectivity index (χ0v) is 13.8. The van der Waals surface area contributed by atoms with Gasteiger partial charge >= 0.3 is 0 Å². The van der Waals surface area contributed by atoms with Gasteiger partial charge in [-0.1, -0.05) is 24.3 Å². The number of carbonyl (C=O) groups excluding carboxylic acids is 1. The van der Waals surface area contributed by atoms with Crippen molar-refractivity contribution in [1.29, 1.82) is 0 Å². The van der Waals surface area contributed by atoms with Crippen LogP contribution in [0, 0.1) is 0 Å². The van der Waals surface area contributed by atoms with Crippen LogP contribution in [0.4, 0.5) is 5.95 Å². The summed E-state index contributed by atoms with van der Waals surface area (Å²) >= 11 is 0. The molecule has 0 spiro atoms. The predicted molar refractivity (Wildman–Crippen MR) is 92.4 cm³/mol. The Labute approximate surface area is 141 Å². The molecule has 2 N–H and O–H groups in total. The largest absolute Gasteiger partial charge is 0.393 e. The molecule has 0 aliphatic carbocycles. The molecule has 0 atom stereocenters. The summed E-state index contributed by atoms with van der Waals surface area (Å²) in [5.41, 5.74) is 3.06. The zero-order valence-electron chi connectivity index (χ0n) is 13.8. The molecule has 6 nitrogen and oxygen atoms in total. The molecule has 1 amide bonds. The quantitative estimate of drug-likeness (QED) is 0.895. The fraction of sp³-hybridized carbons (Fsp3) is 0.389. The van der Waals surface area contributed by atoms with Crippen LogP contribution in [0.3, 0.4) is 0 Å². The lowest BCUT2D eigenvalue weighted by molar-refractivity contribution is -0.119. The average molecular weight is 326 g/mol. The standard InChI is InChI=1S/C18H22N4O2/c1-13(23)19-10-14-2-4-15(5-3-14)16-11-20-18(21-12-16)22-8-6-17(24)7-9-22/h2-5,11-12,17,24H,6-10H2,1H3,(H,19,23). The molecule has 1 saturated heterocycles. The number of aliphatic hydroxyl groups excluding tert-OH is 1. The van der Waals surface area contributed by atoms with E-state index in [0.29, 0.717) is 12.5 Å². The number of amides is 1. The number of rotatable bonds is 4. The minimum absolute atomic E-state index is 0.0340. The van der Waals surface area contributed by atoms with E-state index in [-0.39, 0.29) is 12.0 Å². The Morgan fingerprint density at radius 3 is 2.38 bits per heavy atom. The van der Waals surface area contributed by atoms with E-state index in [2.05, 4.69) is 20.2 Å². The normalized spacial score (nSPS) is 15.3. The number of piperidine rings is 1. The first-order chi connectivity index (χ1) is 11.6. The highest BCUT2D eigenvalue weighted by atomic mass is 16.3. The molecule has 0 unspecified atom stereocenters. The molecule has 0 bridgehead atoms. The lowest BCUT2D eigenvalue weighted by atomic mass is 10.1. The smallest absolute Gasteiger partial charge is 0.225 e. The number of nitrogens with zero attached hydrogens (tertiary/aromatic N) is 3. The van der Waals surface area contributed by atoms with Crippen molar-refractivity contribution in [3.8, 4) is 11.1 Å². The van der Waals surface area contributed by atoms with E-state index in [9.17, 15) is 9.90 Å². The second kappa shape index (κ2) is 7.40. The lowest BCUT2D eigenvalue weighted by Gasteiger charge is -2.29. The minimum atomic E-state index is -0.198. The molecule has 0 radical (unpaired) electrons. The first-order valence-electron chi connectivity index (χ1n) is 8.20. The number of nitrogens with one attached hydrogen (secondary N) is 1. The highest BCUT2D eigenvalue weighted by molar-refractivity contribution is 5.72. The number of hydrogen-bond donors (Lipinski definition) is 2. The van der Waals surface area contributed by atoms with Crippen LogP contribution in [-0.4, -0.2) is 40.2 Å². The number of hydrogen-bond acceptors (Lipinski definition) is 5. The van der Waals surface area contributed by atoms with Crippen molar-refractivity contribution < 1.29 is 9.90 Å². The van der Waals surface area contributed by atoms with Gasteiger partial charge in [-0.25, -0.2) is 9.97 Å². The van der Waals surface area contributed by atoms with Gasteiger partial charge in [-0.2, -0.15) is 0 Å². The summed E-state index contributed by atoms with van der Waals surface area (Å²) < 4.78 is 0. The molecular formula is C18H22N4O2. The predicted octanol–water partition coefficient (Wildman–Crippen LogP) is 1.74. The Bertz CT molecular complexity index is 677.